The van der Waals surface area contributed by atoms with Gasteiger partial charge in [-0.1, -0.05) is 18.2 Å². The van der Waals surface area contributed by atoms with E-state index in [1.165, 1.54) is 12.2 Å². The Hall–Kier alpha value is -2.36. The molecule has 0 aliphatic carbocycles. The Morgan fingerprint density at radius 2 is 1.40 bits per heavy atom. The van der Waals surface area contributed by atoms with Crippen LogP contribution < -0.4 is 0 Å². The molecule has 0 unspecified atom stereocenters. The summed E-state index contributed by atoms with van der Waals surface area (Å²) in [5.74, 6) is -0.750. The van der Waals surface area contributed by atoms with E-state index >= 15 is 0 Å². The van der Waals surface area contributed by atoms with Crippen molar-refractivity contribution in [3.63, 3.8) is 0 Å². The number of benzene rings is 1. The number of carbonyl (C=O) groups excluding carboxylic acids is 2. The molecule has 0 atom stereocenters. The molecule has 0 fully saturated rings. The first kappa shape index (κ1) is 15.7. The highest BCUT2D eigenvalue weighted by molar-refractivity contribution is 5.88. The molecule has 4 heteroatoms. The molecule has 20 heavy (non-hydrogen) atoms. The Bertz CT molecular complexity index is 472. The van der Waals surface area contributed by atoms with Gasteiger partial charge in [0.05, 0.1) is 13.2 Å². The van der Waals surface area contributed by atoms with Crippen molar-refractivity contribution in [2.75, 3.05) is 13.2 Å². The molecule has 1 rings (SSSR count). The molecule has 1 aromatic rings. The van der Waals surface area contributed by atoms with Crippen LogP contribution in [0.5, 0.6) is 0 Å². The molecule has 4 nitrogen and oxygen atoms in total. The van der Waals surface area contributed by atoms with Crippen molar-refractivity contribution in [2.24, 2.45) is 0 Å². The lowest BCUT2D eigenvalue weighted by atomic mass is 10.1. The Morgan fingerprint density at radius 3 is 1.80 bits per heavy atom. The fourth-order valence-corrected chi connectivity index (χ4v) is 1.48. The molecule has 0 aliphatic rings. The lowest BCUT2D eigenvalue weighted by Crippen LogP contribution is -1.98. The third-order valence-corrected chi connectivity index (χ3v) is 2.31. The number of hydrogen-bond donors (Lipinski definition) is 0. The van der Waals surface area contributed by atoms with E-state index in [9.17, 15) is 9.59 Å². The van der Waals surface area contributed by atoms with Crippen LogP contribution >= 0.6 is 0 Å². The van der Waals surface area contributed by atoms with Gasteiger partial charge in [-0.25, -0.2) is 9.59 Å². The van der Waals surface area contributed by atoms with Crippen LogP contribution in [0.1, 0.15) is 25.0 Å². The van der Waals surface area contributed by atoms with Gasteiger partial charge in [-0.3, -0.25) is 0 Å². The maximum atomic E-state index is 11.2. The quantitative estimate of drug-likeness (QED) is 0.591. The SMILES string of the molecule is CCOC(=O)C=Cc1cccc(C=CC(=O)OCC)c1. The summed E-state index contributed by atoms with van der Waals surface area (Å²) in [7, 11) is 0. The Balaban J connectivity index is 2.71. The molecule has 0 aromatic heterocycles. The van der Waals surface area contributed by atoms with Crippen molar-refractivity contribution in [1.29, 1.82) is 0 Å². The maximum Gasteiger partial charge on any atom is 0.330 e. The van der Waals surface area contributed by atoms with Gasteiger partial charge in [0.1, 0.15) is 0 Å². The minimum absolute atomic E-state index is 0.353. The molecule has 0 spiro atoms. The smallest absolute Gasteiger partial charge is 0.330 e. The van der Waals surface area contributed by atoms with Crippen LogP contribution in [0.3, 0.4) is 0 Å². The minimum Gasteiger partial charge on any atom is -0.463 e. The van der Waals surface area contributed by atoms with Crippen LogP contribution in [-0.2, 0) is 19.1 Å². The standard InChI is InChI=1S/C16H18O4/c1-3-19-15(17)10-8-13-6-5-7-14(12-13)9-11-16(18)20-4-2/h5-12H,3-4H2,1-2H3. The van der Waals surface area contributed by atoms with Gasteiger partial charge in [-0.05, 0) is 43.2 Å². The fourth-order valence-electron chi connectivity index (χ4n) is 1.48. The van der Waals surface area contributed by atoms with Crippen LogP contribution in [-0.4, -0.2) is 25.2 Å². The van der Waals surface area contributed by atoms with Crippen molar-refractivity contribution >= 4 is 24.1 Å². The van der Waals surface area contributed by atoms with Gasteiger partial charge < -0.3 is 9.47 Å². The van der Waals surface area contributed by atoms with E-state index in [1.54, 1.807) is 26.0 Å². The van der Waals surface area contributed by atoms with E-state index in [-0.39, 0.29) is 11.9 Å². The van der Waals surface area contributed by atoms with Gasteiger partial charge in [0.2, 0.25) is 0 Å². The Morgan fingerprint density at radius 1 is 0.950 bits per heavy atom. The van der Waals surface area contributed by atoms with Gasteiger partial charge in [-0.15, -0.1) is 0 Å². The second kappa shape index (κ2) is 8.69. The van der Waals surface area contributed by atoms with Gasteiger partial charge >= 0.3 is 11.9 Å². The largest absolute Gasteiger partial charge is 0.463 e. The van der Waals surface area contributed by atoms with E-state index in [0.717, 1.165) is 11.1 Å². The second-order valence-electron chi connectivity index (χ2n) is 3.84. The van der Waals surface area contributed by atoms with Crippen molar-refractivity contribution in [2.45, 2.75) is 13.8 Å². The third-order valence-electron chi connectivity index (χ3n) is 2.31. The average Bonchev–Trinajstić information content (AvgIpc) is 2.44. The lowest BCUT2D eigenvalue weighted by Gasteiger charge is -1.98. The minimum atomic E-state index is -0.375. The van der Waals surface area contributed by atoms with Gasteiger partial charge in [0.15, 0.2) is 0 Å². The topological polar surface area (TPSA) is 52.6 Å². The van der Waals surface area contributed by atoms with Gasteiger partial charge in [-0.2, -0.15) is 0 Å². The van der Waals surface area contributed by atoms with E-state index in [0.29, 0.717) is 13.2 Å². The molecular formula is C16H18O4. The molecule has 0 heterocycles. The monoisotopic (exact) mass is 274 g/mol. The van der Waals surface area contributed by atoms with Crippen molar-refractivity contribution in [3.8, 4) is 0 Å². The highest BCUT2D eigenvalue weighted by Crippen LogP contribution is 2.09. The summed E-state index contributed by atoms with van der Waals surface area (Å²) in [5.41, 5.74) is 1.70. The third kappa shape index (κ3) is 6.00. The molecule has 0 aliphatic heterocycles. The van der Waals surface area contributed by atoms with E-state index in [4.69, 9.17) is 9.47 Å². The zero-order chi connectivity index (χ0) is 14.8. The summed E-state index contributed by atoms with van der Waals surface area (Å²) in [5, 5.41) is 0. The highest BCUT2D eigenvalue weighted by atomic mass is 16.5. The summed E-state index contributed by atoms with van der Waals surface area (Å²) in [6.07, 6.45) is 6.08. The maximum absolute atomic E-state index is 11.2. The molecule has 0 saturated carbocycles. The van der Waals surface area contributed by atoms with Crippen LogP contribution in [0.2, 0.25) is 0 Å². The predicted octanol–water partition coefficient (Wildman–Crippen LogP) is 2.84. The van der Waals surface area contributed by atoms with Crippen LogP contribution in [0.25, 0.3) is 12.2 Å². The molecule has 0 saturated heterocycles. The molecule has 0 bridgehead atoms. The number of carbonyl (C=O) groups is 2. The van der Waals surface area contributed by atoms with E-state index in [1.807, 2.05) is 24.3 Å². The molecular weight excluding hydrogens is 256 g/mol. The Kier molecular flexibility index (Phi) is 6.82. The van der Waals surface area contributed by atoms with Crippen LogP contribution in [0.4, 0.5) is 0 Å². The number of ether oxygens (including phenoxy) is 2. The average molecular weight is 274 g/mol. The van der Waals surface area contributed by atoms with E-state index in [2.05, 4.69) is 0 Å². The van der Waals surface area contributed by atoms with Crippen molar-refractivity contribution < 1.29 is 19.1 Å². The van der Waals surface area contributed by atoms with Crippen molar-refractivity contribution in [3.05, 3.63) is 47.5 Å². The first-order valence-corrected chi connectivity index (χ1v) is 6.45. The second-order valence-corrected chi connectivity index (χ2v) is 3.84. The summed E-state index contributed by atoms with van der Waals surface area (Å²) >= 11 is 0. The van der Waals surface area contributed by atoms with Crippen molar-refractivity contribution in [1.82, 2.24) is 0 Å². The predicted molar refractivity (Wildman–Crippen MR) is 77.8 cm³/mol. The number of esters is 2. The molecule has 1 aromatic carbocycles. The summed E-state index contributed by atoms with van der Waals surface area (Å²) in [6.45, 7) is 4.22. The zero-order valence-electron chi connectivity index (χ0n) is 11.7. The number of hydrogen-bond acceptors (Lipinski definition) is 4. The highest BCUT2D eigenvalue weighted by Gasteiger charge is 1.96. The molecule has 0 N–H and O–H groups in total. The van der Waals surface area contributed by atoms with Gasteiger partial charge in [0.25, 0.3) is 0 Å². The van der Waals surface area contributed by atoms with E-state index < -0.39 is 0 Å². The molecule has 106 valence electrons. The van der Waals surface area contributed by atoms with Crippen LogP contribution in [0.15, 0.2) is 36.4 Å². The lowest BCUT2D eigenvalue weighted by molar-refractivity contribution is -0.138. The Labute approximate surface area is 118 Å². The normalized spacial score (nSPS) is 10.9. The summed E-state index contributed by atoms with van der Waals surface area (Å²) in [4.78, 5) is 22.4. The fraction of sp³-hybridized carbons (Fsp3) is 0.250. The number of rotatable bonds is 6. The first-order chi connectivity index (χ1) is 9.65. The summed E-state index contributed by atoms with van der Waals surface area (Å²) in [6, 6.07) is 7.41. The summed E-state index contributed by atoms with van der Waals surface area (Å²) < 4.78 is 9.60. The first-order valence-electron chi connectivity index (χ1n) is 6.45. The van der Waals surface area contributed by atoms with Crippen LogP contribution in [0, 0.1) is 0 Å². The van der Waals surface area contributed by atoms with Gasteiger partial charge in [0, 0.05) is 12.2 Å². The molecule has 0 radical (unpaired) electrons. The molecule has 0 amide bonds. The zero-order valence-corrected chi connectivity index (χ0v) is 11.7.